The molecular weight excluding hydrogens is 260 g/mol. The first kappa shape index (κ1) is 12.4. The summed E-state index contributed by atoms with van der Waals surface area (Å²) in [6.45, 7) is 2.12. The topological polar surface area (TPSA) is 53.4 Å². The minimum absolute atomic E-state index is 0.306. The van der Waals surface area contributed by atoms with Crippen molar-refractivity contribution in [1.29, 1.82) is 0 Å². The predicted octanol–water partition coefficient (Wildman–Crippen LogP) is 3.37. The summed E-state index contributed by atoms with van der Waals surface area (Å²) in [6.07, 6.45) is 5.03. The maximum absolute atomic E-state index is 11.0. The second-order valence-corrected chi connectivity index (χ2v) is 5.89. The quantitative estimate of drug-likeness (QED) is 0.913. The van der Waals surface area contributed by atoms with Gasteiger partial charge in [-0.15, -0.1) is 0 Å². The Kier molecular flexibility index (Phi) is 3.38. The van der Waals surface area contributed by atoms with Gasteiger partial charge in [-0.05, 0) is 31.0 Å². The number of fused-ring (bicyclic) bond motifs is 1. The van der Waals surface area contributed by atoms with Crippen LogP contribution in [-0.4, -0.2) is 29.1 Å². The third kappa shape index (κ3) is 2.56. The zero-order valence-electron chi connectivity index (χ0n) is 10.6. The van der Waals surface area contributed by atoms with Crippen molar-refractivity contribution in [2.45, 2.75) is 25.7 Å². The molecule has 0 saturated carbocycles. The minimum atomic E-state index is -0.897. The van der Waals surface area contributed by atoms with Crippen LogP contribution in [0.3, 0.4) is 0 Å². The number of benzene rings is 1. The number of aromatic carboxylic acids is 1. The molecule has 0 spiro atoms. The number of hydrogen-bond donors (Lipinski definition) is 1. The van der Waals surface area contributed by atoms with E-state index in [0.29, 0.717) is 5.56 Å². The molecule has 4 nitrogen and oxygen atoms in total. The number of hydrogen-bond acceptors (Lipinski definition) is 4. The van der Waals surface area contributed by atoms with Gasteiger partial charge >= 0.3 is 5.97 Å². The molecule has 0 bridgehead atoms. The van der Waals surface area contributed by atoms with Crippen LogP contribution in [0.25, 0.3) is 10.2 Å². The highest BCUT2D eigenvalue weighted by atomic mass is 32.1. The highest BCUT2D eigenvalue weighted by molar-refractivity contribution is 7.22. The fourth-order valence-corrected chi connectivity index (χ4v) is 3.44. The van der Waals surface area contributed by atoms with Crippen molar-refractivity contribution >= 4 is 32.7 Å². The fourth-order valence-electron chi connectivity index (χ4n) is 2.45. The minimum Gasteiger partial charge on any atom is -0.478 e. The van der Waals surface area contributed by atoms with Crippen LogP contribution in [0.1, 0.15) is 36.0 Å². The van der Waals surface area contributed by atoms with Gasteiger partial charge < -0.3 is 10.0 Å². The first-order valence-electron chi connectivity index (χ1n) is 6.63. The summed E-state index contributed by atoms with van der Waals surface area (Å²) in [5.41, 5.74) is 1.10. The largest absolute Gasteiger partial charge is 0.478 e. The Morgan fingerprint density at radius 1 is 1.21 bits per heavy atom. The molecule has 1 aliphatic heterocycles. The second-order valence-electron chi connectivity index (χ2n) is 4.89. The van der Waals surface area contributed by atoms with Crippen LogP contribution in [0.5, 0.6) is 0 Å². The van der Waals surface area contributed by atoms with Gasteiger partial charge in [0, 0.05) is 13.1 Å². The summed E-state index contributed by atoms with van der Waals surface area (Å²) in [6, 6.07) is 5.17. The summed E-state index contributed by atoms with van der Waals surface area (Å²) in [7, 11) is 0. The molecule has 0 aliphatic carbocycles. The van der Waals surface area contributed by atoms with Gasteiger partial charge in [-0.25, -0.2) is 9.78 Å². The lowest BCUT2D eigenvalue weighted by atomic mass is 10.2. The van der Waals surface area contributed by atoms with Gasteiger partial charge in [0.1, 0.15) is 0 Å². The number of carbonyl (C=O) groups is 1. The lowest BCUT2D eigenvalue weighted by molar-refractivity contribution is 0.0697. The van der Waals surface area contributed by atoms with Crippen LogP contribution in [0.15, 0.2) is 18.2 Å². The number of carboxylic acid groups (broad SMARTS) is 1. The van der Waals surface area contributed by atoms with E-state index in [4.69, 9.17) is 5.11 Å². The standard InChI is InChI=1S/C14H16N2O2S/c17-13(18)10-5-6-12-11(9-10)15-14(19-12)16-7-3-1-2-4-8-16/h5-6,9H,1-4,7-8H2,(H,17,18). The average Bonchev–Trinajstić information content (AvgIpc) is 2.64. The maximum Gasteiger partial charge on any atom is 0.335 e. The van der Waals surface area contributed by atoms with Gasteiger partial charge in [-0.1, -0.05) is 24.2 Å². The van der Waals surface area contributed by atoms with Crippen LogP contribution in [0.2, 0.25) is 0 Å². The smallest absolute Gasteiger partial charge is 0.335 e. The molecule has 2 aromatic rings. The normalized spacial score (nSPS) is 16.5. The number of anilines is 1. The zero-order valence-corrected chi connectivity index (χ0v) is 11.4. The lowest BCUT2D eigenvalue weighted by Gasteiger charge is -2.18. The predicted molar refractivity (Wildman–Crippen MR) is 77.3 cm³/mol. The Bertz CT molecular complexity index is 601. The first-order valence-corrected chi connectivity index (χ1v) is 7.44. The van der Waals surface area contributed by atoms with Crippen LogP contribution in [0, 0.1) is 0 Å². The van der Waals surface area contributed by atoms with Crippen LogP contribution in [0.4, 0.5) is 5.13 Å². The first-order chi connectivity index (χ1) is 9.24. The van der Waals surface area contributed by atoms with Gasteiger partial charge in [-0.3, -0.25) is 0 Å². The third-order valence-electron chi connectivity index (χ3n) is 3.50. The Balaban J connectivity index is 1.94. The number of rotatable bonds is 2. The molecule has 1 aromatic carbocycles. The van der Waals surface area contributed by atoms with Crippen molar-refractivity contribution in [1.82, 2.24) is 4.98 Å². The Morgan fingerprint density at radius 2 is 1.95 bits per heavy atom. The highest BCUT2D eigenvalue weighted by Gasteiger charge is 2.15. The van der Waals surface area contributed by atoms with Crippen LogP contribution >= 0.6 is 11.3 Å². The monoisotopic (exact) mass is 276 g/mol. The van der Waals surface area contributed by atoms with E-state index < -0.39 is 5.97 Å². The van der Waals surface area contributed by atoms with Crippen molar-refractivity contribution in [2.75, 3.05) is 18.0 Å². The molecular formula is C14H16N2O2S. The van der Waals surface area contributed by atoms with E-state index in [1.54, 1.807) is 23.5 Å². The number of carboxylic acids is 1. The number of thiazole rings is 1. The Morgan fingerprint density at radius 3 is 2.63 bits per heavy atom. The van der Waals surface area contributed by atoms with Gasteiger partial charge in [0.15, 0.2) is 5.13 Å². The summed E-state index contributed by atoms with van der Waals surface area (Å²) in [5.74, 6) is -0.897. The van der Waals surface area contributed by atoms with Crippen LogP contribution in [-0.2, 0) is 0 Å². The molecule has 0 amide bonds. The summed E-state index contributed by atoms with van der Waals surface area (Å²) >= 11 is 1.66. The third-order valence-corrected chi connectivity index (χ3v) is 4.60. The van der Waals surface area contributed by atoms with Gasteiger partial charge in [0.25, 0.3) is 0 Å². The van der Waals surface area contributed by atoms with Gasteiger partial charge in [0.05, 0.1) is 15.8 Å². The molecule has 0 unspecified atom stereocenters. The van der Waals surface area contributed by atoms with E-state index in [9.17, 15) is 4.79 Å². The molecule has 5 heteroatoms. The van der Waals surface area contributed by atoms with Crippen molar-refractivity contribution in [3.05, 3.63) is 23.8 Å². The molecule has 100 valence electrons. The molecule has 2 heterocycles. The van der Waals surface area contributed by atoms with Crippen LogP contribution < -0.4 is 4.90 Å². The van der Waals surface area contributed by atoms with E-state index in [-0.39, 0.29) is 0 Å². The molecule has 3 rings (SSSR count). The fraction of sp³-hybridized carbons (Fsp3) is 0.429. The van der Waals surface area contributed by atoms with Gasteiger partial charge in [-0.2, -0.15) is 0 Å². The maximum atomic E-state index is 11.0. The molecule has 0 radical (unpaired) electrons. The molecule has 19 heavy (non-hydrogen) atoms. The van der Waals surface area contributed by atoms with Crippen molar-refractivity contribution in [3.63, 3.8) is 0 Å². The lowest BCUT2D eigenvalue weighted by Crippen LogP contribution is -2.23. The average molecular weight is 276 g/mol. The van der Waals surface area contributed by atoms with Crippen molar-refractivity contribution < 1.29 is 9.90 Å². The Labute approximate surface area is 115 Å². The van der Waals surface area contributed by atoms with E-state index in [1.165, 1.54) is 25.7 Å². The summed E-state index contributed by atoms with van der Waals surface area (Å²) in [5, 5.41) is 10.0. The molecule has 1 saturated heterocycles. The molecule has 1 aromatic heterocycles. The van der Waals surface area contributed by atoms with Crippen molar-refractivity contribution in [3.8, 4) is 0 Å². The number of aromatic nitrogens is 1. The van der Waals surface area contributed by atoms with E-state index in [2.05, 4.69) is 9.88 Å². The molecule has 0 atom stereocenters. The highest BCUT2D eigenvalue weighted by Crippen LogP contribution is 2.30. The molecule has 1 aliphatic rings. The second kappa shape index (κ2) is 5.17. The van der Waals surface area contributed by atoms with Gasteiger partial charge in [0.2, 0.25) is 0 Å². The summed E-state index contributed by atoms with van der Waals surface area (Å²) in [4.78, 5) is 17.9. The Hall–Kier alpha value is -1.62. The van der Waals surface area contributed by atoms with Crippen molar-refractivity contribution in [2.24, 2.45) is 0 Å². The van der Waals surface area contributed by atoms with E-state index in [0.717, 1.165) is 28.4 Å². The zero-order chi connectivity index (χ0) is 13.2. The van der Waals surface area contributed by atoms with E-state index >= 15 is 0 Å². The molecule has 1 N–H and O–H groups in total. The van der Waals surface area contributed by atoms with E-state index in [1.807, 2.05) is 6.07 Å². The molecule has 1 fully saturated rings. The summed E-state index contributed by atoms with van der Waals surface area (Å²) < 4.78 is 1.06. The SMILES string of the molecule is O=C(O)c1ccc2sc(N3CCCCCC3)nc2c1. The number of nitrogens with zero attached hydrogens (tertiary/aromatic N) is 2.